The maximum Gasteiger partial charge on any atom is 0.284 e. The van der Waals surface area contributed by atoms with Crippen molar-refractivity contribution in [3.63, 3.8) is 0 Å². The molecule has 0 aliphatic carbocycles. The average Bonchev–Trinajstić information content (AvgIpc) is 3.46. The molecular formula is C23H24ClFN8OS. The Balaban J connectivity index is 0.000000917. The van der Waals surface area contributed by atoms with Crippen molar-refractivity contribution >= 4 is 45.9 Å². The summed E-state index contributed by atoms with van der Waals surface area (Å²) in [6.45, 7) is 1.60. The minimum Gasteiger partial charge on any atom is -0.344 e. The fourth-order valence-electron chi connectivity index (χ4n) is 3.71. The zero-order valence-electron chi connectivity index (χ0n) is 19.4. The molecule has 0 bridgehead atoms. The summed E-state index contributed by atoms with van der Waals surface area (Å²) in [5.41, 5.74) is 1.61. The van der Waals surface area contributed by atoms with Crippen LogP contribution in [0.25, 0.3) is 22.4 Å². The van der Waals surface area contributed by atoms with Crippen molar-refractivity contribution in [1.29, 1.82) is 0 Å². The van der Waals surface area contributed by atoms with Gasteiger partial charge in [0.15, 0.2) is 17.3 Å². The summed E-state index contributed by atoms with van der Waals surface area (Å²) >= 11 is 8.00. The van der Waals surface area contributed by atoms with Gasteiger partial charge in [0.05, 0.1) is 30.1 Å². The third kappa shape index (κ3) is 5.15. The number of nitrogens with zero attached hydrogens (tertiary/aromatic N) is 7. The number of alkyl halides is 1. The molecule has 0 aliphatic heterocycles. The van der Waals surface area contributed by atoms with E-state index in [2.05, 4.69) is 25.0 Å². The highest BCUT2D eigenvalue weighted by atomic mass is 35.5. The second kappa shape index (κ2) is 10.9. The Morgan fingerprint density at radius 3 is 2.63 bits per heavy atom. The van der Waals surface area contributed by atoms with E-state index in [4.69, 9.17) is 11.6 Å². The lowest BCUT2D eigenvalue weighted by molar-refractivity contribution is 0.359. The highest BCUT2D eigenvalue weighted by Gasteiger charge is 2.22. The molecule has 0 fully saturated rings. The van der Waals surface area contributed by atoms with Gasteiger partial charge in [0.2, 0.25) is 0 Å². The van der Waals surface area contributed by atoms with Gasteiger partial charge in [-0.05, 0) is 37.6 Å². The highest BCUT2D eigenvalue weighted by molar-refractivity contribution is 7.97. The van der Waals surface area contributed by atoms with E-state index < -0.39 is 6.17 Å². The molecule has 1 aromatic carbocycles. The van der Waals surface area contributed by atoms with E-state index in [0.717, 1.165) is 0 Å². The number of aromatic amines is 1. The first-order valence-electron chi connectivity index (χ1n) is 10.7. The number of thioether (sulfide) groups is 1. The Kier molecular flexibility index (Phi) is 7.67. The third-order valence-electron chi connectivity index (χ3n) is 5.03. The zero-order chi connectivity index (χ0) is 24.9. The Morgan fingerprint density at radius 2 is 1.91 bits per heavy atom. The van der Waals surface area contributed by atoms with Gasteiger partial charge in [-0.1, -0.05) is 29.8 Å². The number of aromatic nitrogens is 7. The lowest BCUT2D eigenvalue weighted by Gasteiger charge is -2.25. The first kappa shape index (κ1) is 24.7. The molecule has 0 saturated carbocycles. The quantitative estimate of drug-likeness (QED) is 0.363. The molecule has 182 valence electrons. The SMILES string of the molecule is CC(F)CN(Cc1nn2ccc(Cl)c2c(=O)n1-c1ccccc1)c1ncnc2nc[nH]c12.CSC. The maximum absolute atomic E-state index is 14.2. The number of rotatable bonds is 6. The molecule has 1 atom stereocenters. The van der Waals surface area contributed by atoms with Crippen LogP contribution in [0, 0.1) is 0 Å². The zero-order valence-corrected chi connectivity index (χ0v) is 21.0. The number of nitrogens with one attached hydrogen (secondary N) is 1. The van der Waals surface area contributed by atoms with Gasteiger partial charge in [0.25, 0.3) is 5.56 Å². The van der Waals surface area contributed by atoms with E-state index in [-0.39, 0.29) is 24.2 Å². The number of hydrogen-bond donors (Lipinski definition) is 1. The van der Waals surface area contributed by atoms with Crippen LogP contribution in [0.1, 0.15) is 12.7 Å². The number of H-pyrrole nitrogens is 1. The molecule has 5 rings (SSSR count). The predicted octanol–water partition coefficient (Wildman–Crippen LogP) is 4.15. The van der Waals surface area contributed by atoms with Crippen LogP contribution in [0.4, 0.5) is 10.2 Å². The summed E-state index contributed by atoms with van der Waals surface area (Å²) in [6, 6.07) is 10.7. The van der Waals surface area contributed by atoms with Crippen molar-refractivity contribution in [1.82, 2.24) is 34.1 Å². The van der Waals surface area contributed by atoms with E-state index in [1.807, 2.05) is 30.7 Å². The topological polar surface area (TPSA) is 97.0 Å². The summed E-state index contributed by atoms with van der Waals surface area (Å²) in [7, 11) is 0. The van der Waals surface area contributed by atoms with Gasteiger partial charge < -0.3 is 9.88 Å². The van der Waals surface area contributed by atoms with Gasteiger partial charge in [0, 0.05) is 6.20 Å². The molecule has 5 aromatic rings. The van der Waals surface area contributed by atoms with Crippen molar-refractivity contribution in [2.24, 2.45) is 0 Å². The van der Waals surface area contributed by atoms with Crippen LogP contribution in [0.3, 0.4) is 0 Å². The van der Waals surface area contributed by atoms with E-state index in [0.29, 0.717) is 33.5 Å². The first-order valence-corrected chi connectivity index (χ1v) is 12.7. The standard InChI is InChI=1S/C21H18ClFN8O.C2H6S/c1-13(23)9-29(20-17-19(25-11-24-17)26-12-27-20)10-16-28-30-8-7-15(22)18(30)21(32)31(16)14-5-3-2-4-6-14;1-3-2/h2-8,11-13H,9-10H2,1H3,(H,24,25,26,27);1-2H3. The number of imidazole rings is 1. The smallest absolute Gasteiger partial charge is 0.284 e. The van der Waals surface area contributed by atoms with Crippen molar-refractivity contribution in [3.05, 3.63) is 76.5 Å². The minimum absolute atomic E-state index is 0.0280. The Morgan fingerprint density at radius 1 is 1.17 bits per heavy atom. The van der Waals surface area contributed by atoms with E-state index in [1.165, 1.54) is 28.7 Å². The molecule has 9 nitrogen and oxygen atoms in total. The molecule has 35 heavy (non-hydrogen) atoms. The number of fused-ring (bicyclic) bond motifs is 2. The Bertz CT molecular complexity index is 1480. The molecular weight excluding hydrogens is 491 g/mol. The number of para-hydroxylation sites is 1. The van der Waals surface area contributed by atoms with Crippen LogP contribution < -0.4 is 10.5 Å². The summed E-state index contributed by atoms with van der Waals surface area (Å²) in [5, 5.41) is 4.94. The Labute approximate surface area is 210 Å². The predicted molar refractivity (Wildman–Crippen MR) is 139 cm³/mol. The van der Waals surface area contributed by atoms with Crippen LogP contribution >= 0.6 is 23.4 Å². The molecule has 12 heteroatoms. The summed E-state index contributed by atoms with van der Waals surface area (Å²) in [4.78, 5) is 30.8. The van der Waals surface area contributed by atoms with Gasteiger partial charge in [-0.2, -0.15) is 16.9 Å². The number of anilines is 1. The maximum atomic E-state index is 14.2. The fourth-order valence-corrected chi connectivity index (χ4v) is 3.94. The van der Waals surface area contributed by atoms with Crippen LogP contribution in [0.2, 0.25) is 5.02 Å². The average molecular weight is 515 g/mol. The van der Waals surface area contributed by atoms with Gasteiger partial charge in [0.1, 0.15) is 23.5 Å². The fraction of sp³-hybridized carbons (Fsp3) is 0.261. The van der Waals surface area contributed by atoms with Crippen molar-refractivity contribution < 1.29 is 4.39 Å². The van der Waals surface area contributed by atoms with E-state index in [9.17, 15) is 9.18 Å². The van der Waals surface area contributed by atoms with Gasteiger partial charge in [-0.25, -0.2) is 23.9 Å². The van der Waals surface area contributed by atoms with E-state index in [1.54, 1.807) is 41.1 Å². The van der Waals surface area contributed by atoms with Crippen molar-refractivity contribution in [3.8, 4) is 5.69 Å². The van der Waals surface area contributed by atoms with Gasteiger partial charge >= 0.3 is 0 Å². The molecule has 4 heterocycles. The number of benzene rings is 1. The van der Waals surface area contributed by atoms with Gasteiger partial charge in [-0.15, -0.1) is 0 Å². The molecule has 0 aliphatic rings. The molecule has 1 N–H and O–H groups in total. The number of hydrogen-bond acceptors (Lipinski definition) is 7. The van der Waals surface area contributed by atoms with E-state index >= 15 is 0 Å². The van der Waals surface area contributed by atoms with Gasteiger partial charge in [-0.3, -0.25) is 9.36 Å². The first-order chi connectivity index (χ1) is 16.9. The molecule has 0 saturated heterocycles. The largest absolute Gasteiger partial charge is 0.344 e. The minimum atomic E-state index is -1.16. The van der Waals surface area contributed by atoms with Crippen molar-refractivity contribution in [2.45, 2.75) is 19.6 Å². The van der Waals surface area contributed by atoms with Crippen LogP contribution in [-0.2, 0) is 6.54 Å². The lowest BCUT2D eigenvalue weighted by Crippen LogP contribution is -2.35. The Hall–Kier alpha value is -3.44. The van der Waals surface area contributed by atoms with Crippen LogP contribution in [0.5, 0.6) is 0 Å². The molecule has 0 radical (unpaired) electrons. The second-order valence-electron chi connectivity index (χ2n) is 7.72. The van der Waals surface area contributed by atoms with Crippen molar-refractivity contribution in [2.75, 3.05) is 24.0 Å². The second-order valence-corrected chi connectivity index (χ2v) is 8.94. The van der Waals surface area contributed by atoms with Crippen LogP contribution in [0.15, 0.2) is 60.0 Å². The summed E-state index contributed by atoms with van der Waals surface area (Å²) in [6.07, 6.45) is 7.43. The molecule has 1 unspecified atom stereocenters. The molecule has 0 amide bonds. The monoisotopic (exact) mass is 514 g/mol. The third-order valence-corrected chi connectivity index (χ3v) is 5.33. The highest BCUT2D eigenvalue weighted by Crippen LogP contribution is 2.23. The van der Waals surface area contributed by atoms with Crippen LogP contribution in [-0.4, -0.2) is 59.3 Å². The normalized spacial score (nSPS) is 11.9. The summed E-state index contributed by atoms with van der Waals surface area (Å²) in [5.74, 6) is 0.865. The number of halogens is 2. The summed E-state index contributed by atoms with van der Waals surface area (Å²) < 4.78 is 17.1. The lowest BCUT2D eigenvalue weighted by atomic mass is 10.3. The molecule has 0 spiro atoms. The molecule has 4 aromatic heterocycles.